The van der Waals surface area contributed by atoms with Gasteiger partial charge in [-0.25, -0.2) is 31.3 Å². The summed E-state index contributed by atoms with van der Waals surface area (Å²) in [4.78, 5) is 15.7. The van der Waals surface area contributed by atoms with Gasteiger partial charge in [0.1, 0.15) is 5.82 Å². The summed E-state index contributed by atoms with van der Waals surface area (Å²) >= 11 is 6.28. The highest BCUT2D eigenvalue weighted by Crippen LogP contribution is 2.51. The Kier molecular flexibility index (Phi) is 6.61. The molecule has 0 bridgehead atoms. The molecule has 6 nitrogen and oxygen atoms in total. The molecule has 0 amide bonds. The first-order valence-corrected chi connectivity index (χ1v) is 13.7. The SMILES string of the molecule is Cc1cc2ccccc2nc1N(Cc1ccc(C(F)(F)C2CC2)c(Cl)c1)S(=O)(=O)c1ccc(C(=O)O)cc1. The van der Waals surface area contributed by atoms with E-state index in [4.69, 9.17) is 11.6 Å². The highest BCUT2D eigenvalue weighted by Gasteiger charge is 2.49. The van der Waals surface area contributed by atoms with E-state index in [-0.39, 0.29) is 33.4 Å². The third-order valence-corrected chi connectivity index (χ3v) is 8.69. The first-order chi connectivity index (χ1) is 18.0. The number of rotatable bonds is 8. The van der Waals surface area contributed by atoms with Gasteiger partial charge in [0.25, 0.3) is 15.9 Å². The number of hydrogen-bond acceptors (Lipinski definition) is 4. The highest BCUT2D eigenvalue weighted by molar-refractivity contribution is 7.92. The number of alkyl halides is 2. The van der Waals surface area contributed by atoms with Crippen molar-refractivity contribution >= 4 is 44.3 Å². The van der Waals surface area contributed by atoms with Crippen molar-refractivity contribution in [3.63, 3.8) is 0 Å². The van der Waals surface area contributed by atoms with Crippen molar-refractivity contribution in [2.24, 2.45) is 5.92 Å². The number of carboxylic acids is 1. The molecule has 0 unspecified atom stereocenters. The minimum atomic E-state index is -4.25. The zero-order valence-electron chi connectivity index (χ0n) is 20.2. The van der Waals surface area contributed by atoms with E-state index in [0.29, 0.717) is 29.5 Å². The van der Waals surface area contributed by atoms with Gasteiger partial charge in [-0.15, -0.1) is 0 Å². The van der Waals surface area contributed by atoms with Crippen LogP contribution in [0.2, 0.25) is 5.02 Å². The zero-order valence-corrected chi connectivity index (χ0v) is 21.8. The number of carbonyl (C=O) groups is 1. The lowest BCUT2D eigenvalue weighted by atomic mass is 10.0. The quantitative estimate of drug-likeness (QED) is 0.258. The molecule has 1 heterocycles. The second kappa shape index (κ2) is 9.63. The number of benzene rings is 3. The van der Waals surface area contributed by atoms with Crippen LogP contribution < -0.4 is 4.31 Å². The van der Waals surface area contributed by atoms with E-state index in [1.165, 1.54) is 42.5 Å². The van der Waals surface area contributed by atoms with Crippen LogP contribution in [0.3, 0.4) is 0 Å². The molecule has 0 radical (unpaired) electrons. The predicted molar refractivity (Wildman–Crippen MR) is 141 cm³/mol. The summed E-state index contributed by atoms with van der Waals surface area (Å²) in [5.74, 6) is -4.81. The van der Waals surface area contributed by atoms with Crippen molar-refractivity contribution in [2.45, 2.75) is 37.1 Å². The predicted octanol–water partition coefficient (Wildman–Crippen LogP) is 6.79. The molecular formula is C28H23ClF2N2O4S. The molecular weight excluding hydrogens is 534 g/mol. The second-order valence-electron chi connectivity index (χ2n) is 9.37. The molecule has 1 aliphatic carbocycles. The minimum Gasteiger partial charge on any atom is -0.478 e. The molecule has 1 aliphatic rings. The Labute approximate surface area is 223 Å². The first kappa shape index (κ1) is 26.1. The summed E-state index contributed by atoms with van der Waals surface area (Å²) in [5, 5.41) is 9.90. The van der Waals surface area contributed by atoms with Crippen molar-refractivity contribution in [2.75, 3.05) is 4.31 Å². The smallest absolute Gasteiger partial charge is 0.335 e. The number of nitrogens with zero attached hydrogens (tertiary/aromatic N) is 2. The molecule has 5 rings (SSSR count). The van der Waals surface area contributed by atoms with Crippen molar-refractivity contribution in [3.8, 4) is 0 Å². The Morgan fingerprint density at radius 1 is 1.08 bits per heavy atom. The van der Waals surface area contributed by atoms with E-state index in [1.54, 1.807) is 19.1 Å². The van der Waals surface area contributed by atoms with Gasteiger partial charge in [-0.3, -0.25) is 0 Å². The molecule has 4 aromatic rings. The molecule has 1 saturated carbocycles. The molecule has 0 aliphatic heterocycles. The van der Waals surface area contributed by atoms with Crippen molar-refractivity contribution < 1.29 is 27.1 Å². The van der Waals surface area contributed by atoms with Gasteiger partial charge in [-0.2, -0.15) is 0 Å². The van der Waals surface area contributed by atoms with Crippen LogP contribution in [0.5, 0.6) is 0 Å². The molecule has 0 saturated heterocycles. The second-order valence-corrected chi connectivity index (χ2v) is 11.6. The Morgan fingerprint density at radius 2 is 1.76 bits per heavy atom. The lowest BCUT2D eigenvalue weighted by Crippen LogP contribution is -2.32. The van der Waals surface area contributed by atoms with Crippen LogP contribution in [-0.2, 0) is 22.5 Å². The number of aromatic nitrogens is 1. The standard InChI is InChI=1S/C28H23ClF2N2O4S/c1-17-14-20-4-2-3-5-25(20)32-26(17)33(38(36,37)22-11-7-19(8-12-22)27(34)35)16-18-6-13-23(24(29)15-18)28(30,31)21-9-10-21/h2-8,11-15,21H,9-10,16H2,1H3,(H,34,35). The number of halogens is 3. The maximum absolute atomic E-state index is 14.7. The van der Waals surface area contributed by atoms with Gasteiger partial charge in [-0.1, -0.05) is 41.9 Å². The normalized spacial score (nSPS) is 14.0. The minimum absolute atomic E-state index is 0.0607. The number of aromatic carboxylic acids is 1. The largest absolute Gasteiger partial charge is 0.478 e. The Hall–Kier alpha value is -3.56. The van der Waals surface area contributed by atoms with Crippen LogP contribution in [0, 0.1) is 12.8 Å². The molecule has 1 fully saturated rings. The fraction of sp³-hybridized carbons (Fsp3) is 0.214. The number of aryl methyl sites for hydroxylation is 1. The summed E-state index contributed by atoms with van der Waals surface area (Å²) in [5.41, 5.74) is 1.22. The maximum atomic E-state index is 14.7. The van der Waals surface area contributed by atoms with E-state index >= 15 is 0 Å². The van der Waals surface area contributed by atoms with Crippen molar-refractivity contribution in [1.82, 2.24) is 4.98 Å². The van der Waals surface area contributed by atoms with Crippen molar-refractivity contribution in [1.29, 1.82) is 0 Å². The molecule has 1 aromatic heterocycles. The van der Waals surface area contributed by atoms with Crippen LogP contribution in [0.1, 0.15) is 39.9 Å². The Bertz CT molecular complexity index is 1660. The summed E-state index contributed by atoms with van der Waals surface area (Å²) in [6.07, 6.45) is 0.870. The topological polar surface area (TPSA) is 87.6 Å². The summed E-state index contributed by atoms with van der Waals surface area (Å²) in [6.45, 7) is 1.50. The van der Waals surface area contributed by atoms with Crippen LogP contribution >= 0.6 is 11.6 Å². The molecule has 38 heavy (non-hydrogen) atoms. The zero-order chi connectivity index (χ0) is 27.2. The van der Waals surface area contributed by atoms with Crippen LogP contribution in [0.25, 0.3) is 10.9 Å². The molecule has 1 N–H and O–H groups in total. The number of anilines is 1. The number of fused-ring (bicyclic) bond motifs is 1. The van der Waals surface area contributed by atoms with Gasteiger partial charge in [0, 0.05) is 16.9 Å². The molecule has 10 heteroatoms. The molecule has 3 aromatic carbocycles. The Balaban J connectivity index is 1.60. The van der Waals surface area contributed by atoms with Gasteiger partial charge < -0.3 is 5.11 Å². The first-order valence-electron chi connectivity index (χ1n) is 11.9. The van der Waals surface area contributed by atoms with Crippen molar-refractivity contribution in [3.05, 3.63) is 100 Å². The third-order valence-electron chi connectivity index (χ3n) is 6.62. The molecule has 0 spiro atoms. The summed E-state index contributed by atoms with van der Waals surface area (Å²) in [7, 11) is -4.25. The van der Waals surface area contributed by atoms with Gasteiger partial charge in [0.05, 0.1) is 27.5 Å². The average molecular weight is 557 g/mol. The number of sulfonamides is 1. The Morgan fingerprint density at radius 3 is 2.39 bits per heavy atom. The van der Waals surface area contributed by atoms with E-state index in [9.17, 15) is 27.1 Å². The lowest BCUT2D eigenvalue weighted by Gasteiger charge is -2.26. The van der Waals surface area contributed by atoms with E-state index in [0.717, 1.165) is 9.69 Å². The number of carboxylic acid groups (broad SMARTS) is 1. The van der Waals surface area contributed by atoms with Gasteiger partial charge in [-0.05, 0) is 73.4 Å². The van der Waals surface area contributed by atoms with E-state index in [2.05, 4.69) is 4.98 Å². The van der Waals surface area contributed by atoms with Crippen LogP contribution in [0.15, 0.2) is 77.7 Å². The number of para-hydroxylation sites is 1. The van der Waals surface area contributed by atoms with Crippen LogP contribution in [-0.4, -0.2) is 24.5 Å². The van der Waals surface area contributed by atoms with Gasteiger partial charge in [0.2, 0.25) is 0 Å². The number of pyridine rings is 1. The monoisotopic (exact) mass is 556 g/mol. The number of hydrogen-bond donors (Lipinski definition) is 1. The van der Waals surface area contributed by atoms with Gasteiger partial charge in [0.15, 0.2) is 0 Å². The van der Waals surface area contributed by atoms with E-state index < -0.39 is 27.8 Å². The molecule has 196 valence electrons. The molecule has 0 atom stereocenters. The fourth-order valence-electron chi connectivity index (χ4n) is 4.39. The summed E-state index contributed by atoms with van der Waals surface area (Å²) in [6, 6.07) is 18.0. The third kappa shape index (κ3) is 4.83. The van der Waals surface area contributed by atoms with Gasteiger partial charge >= 0.3 is 5.97 Å². The van der Waals surface area contributed by atoms with E-state index in [1.807, 2.05) is 18.2 Å². The maximum Gasteiger partial charge on any atom is 0.335 e. The lowest BCUT2D eigenvalue weighted by molar-refractivity contribution is -0.0284. The summed E-state index contributed by atoms with van der Waals surface area (Å²) < 4.78 is 58.3. The fourth-order valence-corrected chi connectivity index (χ4v) is 6.19. The average Bonchev–Trinajstić information content (AvgIpc) is 3.73. The highest BCUT2D eigenvalue weighted by atomic mass is 35.5. The van der Waals surface area contributed by atoms with Crippen LogP contribution in [0.4, 0.5) is 14.6 Å².